The summed E-state index contributed by atoms with van der Waals surface area (Å²) >= 11 is 0. The Labute approximate surface area is 104 Å². The van der Waals surface area contributed by atoms with E-state index in [0.29, 0.717) is 12.0 Å². The van der Waals surface area contributed by atoms with Crippen molar-refractivity contribution in [1.29, 1.82) is 0 Å². The molecule has 0 amide bonds. The second-order valence-corrected chi connectivity index (χ2v) is 5.40. The van der Waals surface area contributed by atoms with Gasteiger partial charge in [0.05, 0.1) is 0 Å². The lowest BCUT2D eigenvalue weighted by atomic mass is 9.99. The number of hydrogen-bond donors (Lipinski definition) is 0. The van der Waals surface area contributed by atoms with Crippen molar-refractivity contribution in [3.63, 3.8) is 0 Å². The number of rotatable bonds is 3. The first-order valence-electron chi connectivity index (χ1n) is 6.48. The normalized spacial score (nSPS) is 23.2. The Bertz CT molecular complexity index is 337. The monoisotopic (exact) mass is 233 g/mol. The molecule has 0 aromatic carbocycles. The molecule has 3 heteroatoms. The number of pyridine rings is 1. The van der Waals surface area contributed by atoms with E-state index in [-0.39, 0.29) is 0 Å². The Balaban J connectivity index is 2.03. The molecule has 0 saturated carbocycles. The van der Waals surface area contributed by atoms with Crippen LogP contribution in [0.2, 0.25) is 0 Å². The second kappa shape index (κ2) is 5.61. The molecule has 2 heterocycles. The minimum atomic E-state index is 0.668. The highest BCUT2D eigenvalue weighted by atomic mass is 15.3. The third-order valence-electron chi connectivity index (χ3n) is 3.64. The average molecular weight is 233 g/mol. The minimum Gasteiger partial charge on any atom is -0.304 e. The lowest BCUT2D eigenvalue weighted by Gasteiger charge is -2.42. The summed E-state index contributed by atoms with van der Waals surface area (Å²) < 4.78 is 0. The summed E-state index contributed by atoms with van der Waals surface area (Å²) in [6.45, 7) is 9.23. The van der Waals surface area contributed by atoms with Gasteiger partial charge >= 0.3 is 0 Å². The lowest BCUT2D eigenvalue weighted by molar-refractivity contribution is 0.0571. The number of likely N-dealkylation sites (N-methyl/N-ethyl adjacent to an activating group) is 1. The van der Waals surface area contributed by atoms with Crippen LogP contribution in [0, 0.1) is 5.92 Å². The molecule has 17 heavy (non-hydrogen) atoms. The molecule has 0 aliphatic carbocycles. The highest BCUT2D eigenvalue weighted by Gasteiger charge is 2.27. The molecule has 1 aliphatic heterocycles. The summed E-state index contributed by atoms with van der Waals surface area (Å²) in [5, 5.41) is 0. The molecule has 1 aliphatic rings. The van der Waals surface area contributed by atoms with E-state index in [1.807, 2.05) is 12.4 Å². The molecule has 0 N–H and O–H groups in total. The second-order valence-electron chi connectivity index (χ2n) is 5.40. The fourth-order valence-corrected chi connectivity index (χ4v) is 2.54. The SMILES string of the molecule is CC(C)[C@@H]1CN(C)CCN1Cc1ccncc1. The van der Waals surface area contributed by atoms with Crippen molar-refractivity contribution >= 4 is 0 Å². The maximum Gasteiger partial charge on any atom is 0.0271 e. The molecule has 1 aromatic rings. The van der Waals surface area contributed by atoms with Gasteiger partial charge in [0, 0.05) is 44.6 Å². The van der Waals surface area contributed by atoms with Gasteiger partial charge in [-0.1, -0.05) is 13.8 Å². The van der Waals surface area contributed by atoms with E-state index in [0.717, 1.165) is 6.54 Å². The summed E-state index contributed by atoms with van der Waals surface area (Å²) in [5.74, 6) is 0.708. The van der Waals surface area contributed by atoms with Gasteiger partial charge in [0.1, 0.15) is 0 Å². The maximum atomic E-state index is 4.08. The standard InChI is InChI=1S/C14H23N3/c1-12(2)14-11-16(3)8-9-17(14)10-13-4-6-15-7-5-13/h4-7,12,14H,8-11H2,1-3H3/t14-/m0/s1. The zero-order chi connectivity index (χ0) is 12.3. The minimum absolute atomic E-state index is 0.668. The van der Waals surface area contributed by atoms with Gasteiger partial charge in [-0.2, -0.15) is 0 Å². The topological polar surface area (TPSA) is 19.4 Å². The third kappa shape index (κ3) is 3.27. The van der Waals surface area contributed by atoms with Crippen LogP contribution in [-0.2, 0) is 6.54 Å². The summed E-state index contributed by atoms with van der Waals surface area (Å²) in [5.41, 5.74) is 1.37. The molecule has 1 saturated heterocycles. The third-order valence-corrected chi connectivity index (χ3v) is 3.64. The van der Waals surface area contributed by atoms with Gasteiger partial charge in [-0.25, -0.2) is 0 Å². The van der Waals surface area contributed by atoms with E-state index < -0.39 is 0 Å². The van der Waals surface area contributed by atoms with E-state index in [1.54, 1.807) is 0 Å². The van der Waals surface area contributed by atoms with Gasteiger partial charge < -0.3 is 4.90 Å². The van der Waals surface area contributed by atoms with Gasteiger partial charge in [-0.05, 0) is 30.7 Å². The molecular formula is C14H23N3. The van der Waals surface area contributed by atoms with Crippen molar-refractivity contribution in [3.05, 3.63) is 30.1 Å². The van der Waals surface area contributed by atoms with Crippen LogP contribution in [0.25, 0.3) is 0 Å². The number of nitrogens with zero attached hydrogens (tertiary/aromatic N) is 3. The van der Waals surface area contributed by atoms with Gasteiger partial charge in [-0.3, -0.25) is 9.88 Å². The van der Waals surface area contributed by atoms with Crippen LogP contribution in [0.1, 0.15) is 19.4 Å². The molecule has 0 bridgehead atoms. The Kier molecular flexibility index (Phi) is 4.13. The molecule has 3 nitrogen and oxygen atoms in total. The summed E-state index contributed by atoms with van der Waals surface area (Å²) in [6.07, 6.45) is 3.77. The Hall–Kier alpha value is -0.930. The van der Waals surface area contributed by atoms with E-state index in [4.69, 9.17) is 0 Å². The Morgan fingerprint density at radius 1 is 1.29 bits per heavy atom. The van der Waals surface area contributed by atoms with Gasteiger partial charge in [0.2, 0.25) is 0 Å². The van der Waals surface area contributed by atoms with Crippen LogP contribution in [0.3, 0.4) is 0 Å². The molecule has 1 atom stereocenters. The Morgan fingerprint density at radius 2 is 2.00 bits per heavy atom. The molecule has 94 valence electrons. The molecular weight excluding hydrogens is 210 g/mol. The van der Waals surface area contributed by atoms with Crippen LogP contribution in [0.15, 0.2) is 24.5 Å². The predicted octanol–water partition coefficient (Wildman–Crippen LogP) is 1.85. The molecule has 2 rings (SSSR count). The fraction of sp³-hybridized carbons (Fsp3) is 0.643. The predicted molar refractivity (Wildman–Crippen MR) is 70.8 cm³/mol. The first-order valence-corrected chi connectivity index (χ1v) is 6.48. The first kappa shape index (κ1) is 12.5. The van der Waals surface area contributed by atoms with Crippen LogP contribution in [0.4, 0.5) is 0 Å². The lowest BCUT2D eigenvalue weighted by Crippen LogP contribution is -2.53. The largest absolute Gasteiger partial charge is 0.304 e. The van der Waals surface area contributed by atoms with Crippen LogP contribution in [-0.4, -0.2) is 47.5 Å². The zero-order valence-electron chi connectivity index (χ0n) is 11.1. The van der Waals surface area contributed by atoms with Crippen LogP contribution in [0.5, 0.6) is 0 Å². The average Bonchev–Trinajstić information content (AvgIpc) is 2.32. The van der Waals surface area contributed by atoms with Crippen LogP contribution >= 0.6 is 0 Å². The van der Waals surface area contributed by atoms with E-state index in [1.165, 1.54) is 25.2 Å². The van der Waals surface area contributed by atoms with Gasteiger partial charge in [0.15, 0.2) is 0 Å². The van der Waals surface area contributed by atoms with Crippen molar-refractivity contribution in [2.45, 2.75) is 26.4 Å². The van der Waals surface area contributed by atoms with Gasteiger partial charge in [0.25, 0.3) is 0 Å². The summed E-state index contributed by atoms with van der Waals surface area (Å²) in [7, 11) is 2.22. The Morgan fingerprint density at radius 3 is 2.65 bits per heavy atom. The molecule has 1 aromatic heterocycles. The van der Waals surface area contributed by atoms with Crippen molar-refractivity contribution in [2.24, 2.45) is 5.92 Å². The molecule has 1 fully saturated rings. The molecule has 0 spiro atoms. The van der Waals surface area contributed by atoms with Crippen molar-refractivity contribution in [3.8, 4) is 0 Å². The first-order chi connectivity index (χ1) is 8.16. The zero-order valence-corrected chi connectivity index (χ0v) is 11.1. The molecule has 0 radical (unpaired) electrons. The highest BCUT2D eigenvalue weighted by Crippen LogP contribution is 2.18. The highest BCUT2D eigenvalue weighted by molar-refractivity contribution is 5.10. The van der Waals surface area contributed by atoms with Crippen molar-refractivity contribution in [2.75, 3.05) is 26.7 Å². The van der Waals surface area contributed by atoms with E-state index in [9.17, 15) is 0 Å². The fourth-order valence-electron chi connectivity index (χ4n) is 2.54. The number of piperazine rings is 1. The van der Waals surface area contributed by atoms with Gasteiger partial charge in [-0.15, -0.1) is 0 Å². The van der Waals surface area contributed by atoms with Crippen molar-refractivity contribution < 1.29 is 0 Å². The smallest absolute Gasteiger partial charge is 0.0271 e. The molecule has 0 unspecified atom stereocenters. The maximum absolute atomic E-state index is 4.08. The van der Waals surface area contributed by atoms with Crippen molar-refractivity contribution in [1.82, 2.24) is 14.8 Å². The number of aromatic nitrogens is 1. The summed E-state index contributed by atoms with van der Waals surface area (Å²) in [4.78, 5) is 9.13. The summed E-state index contributed by atoms with van der Waals surface area (Å²) in [6, 6.07) is 4.91. The van der Waals surface area contributed by atoms with E-state index >= 15 is 0 Å². The van der Waals surface area contributed by atoms with E-state index in [2.05, 4.69) is 47.8 Å². The number of hydrogen-bond acceptors (Lipinski definition) is 3. The quantitative estimate of drug-likeness (QED) is 0.794. The van der Waals surface area contributed by atoms with Crippen LogP contribution < -0.4 is 0 Å².